The molecule has 1 aliphatic rings. The Bertz CT molecular complexity index is 852. The quantitative estimate of drug-likeness (QED) is 0.0986. The van der Waals surface area contributed by atoms with Crippen LogP contribution in [-0.2, 0) is 45.8 Å². The van der Waals surface area contributed by atoms with Crippen molar-refractivity contribution in [3.05, 3.63) is 0 Å². The van der Waals surface area contributed by atoms with Crippen LogP contribution in [0.2, 0.25) is 25.7 Å². The molecule has 0 saturated carbocycles. The van der Waals surface area contributed by atoms with Gasteiger partial charge in [-0.15, -0.1) is 0 Å². The molecule has 5 atom stereocenters. The van der Waals surface area contributed by atoms with Gasteiger partial charge in [-0.1, -0.05) is 19.6 Å². The Kier molecular flexibility index (Phi) is 11.5. The van der Waals surface area contributed by atoms with Gasteiger partial charge >= 0.3 is 31.3 Å². The van der Waals surface area contributed by atoms with Crippen LogP contribution in [0.3, 0.4) is 0 Å². The van der Waals surface area contributed by atoms with Crippen LogP contribution in [0.15, 0.2) is 0 Å². The molecule has 0 unspecified atom stereocenters. The van der Waals surface area contributed by atoms with Crippen LogP contribution >= 0.6 is 31.3 Å². The number of hydrogen-bond acceptors (Lipinski definition) is 10. The minimum atomic E-state index is -5.56. The summed E-state index contributed by atoms with van der Waals surface area (Å²) in [6, 6.07) is 0.450. The Morgan fingerprint density at radius 1 is 0.706 bits per heavy atom. The van der Waals surface area contributed by atoms with Crippen molar-refractivity contribution in [1.29, 1.82) is 0 Å². The predicted molar refractivity (Wildman–Crippen MR) is 112 cm³/mol. The van der Waals surface area contributed by atoms with Crippen LogP contribution in [0.5, 0.6) is 0 Å². The SMILES string of the molecule is C[Si](C)(C)CCO[C@@H]1O[C@H](COP(=O)(O)O)[C@H](OP(=O)(O)O)[C@H](OP(=O)(O)O)[C@H]1OP(=O)(O)O. The van der Waals surface area contributed by atoms with E-state index >= 15 is 0 Å². The zero-order valence-electron chi connectivity index (χ0n) is 18.0. The Hall–Kier alpha value is 0.577. The lowest BCUT2D eigenvalue weighted by molar-refractivity contribution is -0.290. The van der Waals surface area contributed by atoms with Gasteiger partial charge in [-0.3, -0.25) is 18.1 Å². The second-order valence-corrected chi connectivity index (χ2v) is 18.6. The monoisotopic (exact) mass is 600 g/mol. The maximum atomic E-state index is 11.5. The number of hydrogen-bond donors (Lipinski definition) is 8. The van der Waals surface area contributed by atoms with E-state index < -0.39 is 76.7 Å². The van der Waals surface area contributed by atoms with Gasteiger partial charge in [-0.05, 0) is 6.04 Å². The zero-order chi connectivity index (χ0) is 26.8. The molecule has 1 saturated heterocycles. The summed E-state index contributed by atoms with van der Waals surface area (Å²) in [5.74, 6) is 0. The highest BCUT2D eigenvalue weighted by atomic mass is 31.2. The van der Waals surface area contributed by atoms with E-state index in [9.17, 15) is 47.6 Å². The molecule has 1 fully saturated rings. The highest BCUT2D eigenvalue weighted by Gasteiger charge is 2.55. The maximum Gasteiger partial charge on any atom is 0.470 e. The van der Waals surface area contributed by atoms with E-state index in [-0.39, 0.29) is 6.61 Å². The summed E-state index contributed by atoms with van der Waals surface area (Å²) in [6.07, 6.45) is -10.8. The molecule has 34 heavy (non-hydrogen) atoms. The largest absolute Gasteiger partial charge is 0.470 e. The number of phosphoric ester groups is 4. The minimum Gasteiger partial charge on any atom is -0.350 e. The molecule has 0 amide bonds. The molecule has 0 bridgehead atoms. The van der Waals surface area contributed by atoms with Gasteiger partial charge in [-0.2, -0.15) is 0 Å². The smallest absolute Gasteiger partial charge is 0.350 e. The fourth-order valence-electron chi connectivity index (χ4n) is 2.63. The van der Waals surface area contributed by atoms with Gasteiger partial charge in [0.1, 0.15) is 24.4 Å². The lowest BCUT2D eigenvalue weighted by Gasteiger charge is -2.45. The van der Waals surface area contributed by atoms with E-state index in [0.717, 1.165) is 0 Å². The van der Waals surface area contributed by atoms with E-state index in [1.54, 1.807) is 0 Å². The summed E-state index contributed by atoms with van der Waals surface area (Å²) in [5.41, 5.74) is 0. The molecular weight excluding hydrogens is 572 g/mol. The third-order valence-electron chi connectivity index (χ3n) is 3.91. The second-order valence-electron chi connectivity index (χ2n) is 8.19. The predicted octanol–water partition coefficient (Wildman–Crippen LogP) is -0.391. The lowest BCUT2D eigenvalue weighted by atomic mass is 9.99. The van der Waals surface area contributed by atoms with Gasteiger partial charge in [0.05, 0.1) is 6.61 Å². The molecular formula is C11H28O18P4Si. The first-order valence-electron chi connectivity index (χ1n) is 9.15. The number of ether oxygens (including phenoxy) is 2. The fourth-order valence-corrected chi connectivity index (χ4v) is 5.37. The van der Waals surface area contributed by atoms with Gasteiger partial charge in [0.2, 0.25) is 0 Å². The molecule has 0 aromatic carbocycles. The number of phosphoric acid groups is 4. The Balaban J connectivity index is 3.47. The van der Waals surface area contributed by atoms with Crippen molar-refractivity contribution in [3.8, 4) is 0 Å². The Morgan fingerprint density at radius 3 is 1.56 bits per heavy atom. The summed E-state index contributed by atoms with van der Waals surface area (Å²) < 4.78 is 74.0. The van der Waals surface area contributed by atoms with Gasteiger partial charge in [0, 0.05) is 14.7 Å². The van der Waals surface area contributed by atoms with Crippen molar-refractivity contribution in [2.24, 2.45) is 0 Å². The van der Waals surface area contributed by atoms with Crippen molar-refractivity contribution >= 4 is 39.4 Å². The molecule has 0 spiro atoms. The van der Waals surface area contributed by atoms with Crippen LogP contribution in [0.25, 0.3) is 0 Å². The summed E-state index contributed by atoms with van der Waals surface area (Å²) in [7, 11) is -23.5. The van der Waals surface area contributed by atoms with Crippen LogP contribution in [-0.4, -0.2) is 91.1 Å². The Morgan fingerprint density at radius 2 is 1.15 bits per heavy atom. The first-order chi connectivity index (χ1) is 15.0. The standard InChI is InChI=1S/C11H28O18P4Si/c1-34(2,3)5-4-24-11-10(29-33(21,22)23)9(28-32(18,19)20)8(27-31(15,16)17)7(26-11)6-25-30(12,13)14/h7-11H,4-6H2,1-3H3,(H2,12,13,14)(H2,15,16,17)(H2,18,19,20)(H2,21,22,23)/t7-,8+,9+,10-,11-/m1/s1. The van der Waals surface area contributed by atoms with E-state index in [4.69, 9.17) is 19.3 Å². The van der Waals surface area contributed by atoms with E-state index in [0.29, 0.717) is 6.04 Å². The van der Waals surface area contributed by atoms with Crippen LogP contribution in [0.4, 0.5) is 0 Å². The molecule has 23 heteroatoms. The van der Waals surface area contributed by atoms with E-state index in [2.05, 4.69) is 18.1 Å². The first-order valence-corrected chi connectivity index (χ1v) is 19.0. The molecule has 0 aliphatic carbocycles. The molecule has 0 aromatic rings. The van der Waals surface area contributed by atoms with Gasteiger partial charge in [0.25, 0.3) is 0 Å². The van der Waals surface area contributed by atoms with Crippen LogP contribution in [0.1, 0.15) is 0 Å². The molecule has 1 rings (SSSR count). The third kappa shape index (κ3) is 13.8. The van der Waals surface area contributed by atoms with Crippen LogP contribution < -0.4 is 0 Å². The molecule has 1 aliphatic heterocycles. The van der Waals surface area contributed by atoms with E-state index in [1.165, 1.54) is 0 Å². The maximum absolute atomic E-state index is 11.5. The molecule has 18 nitrogen and oxygen atoms in total. The summed E-state index contributed by atoms with van der Waals surface area (Å²) >= 11 is 0. The third-order valence-corrected chi connectivity index (χ3v) is 7.65. The van der Waals surface area contributed by atoms with Gasteiger partial charge < -0.3 is 48.6 Å². The zero-order valence-corrected chi connectivity index (χ0v) is 22.5. The van der Waals surface area contributed by atoms with Gasteiger partial charge in [-0.25, -0.2) is 18.3 Å². The van der Waals surface area contributed by atoms with Crippen molar-refractivity contribution in [2.45, 2.75) is 56.4 Å². The minimum absolute atomic E-state index is 0.125. The summed E-state index contributed by atoms with van der Waals surface area (Å²) in [6.45, 7) is 4.54. The van der Waals surface area contributed by atoms with Crippen LogP contribution in [0, 0.1) is 0 Å². The molecule has 0 radical (unpaired) electrons. The summed E-state index contributed by atoms with van der Waals surface area (Å²) in [4.78, 5) is 73.4. The molecule has 1 heterocycles. The second kappa shape index (κ2) is 12.0. The lowest BCUT2D eigenvalue weighted by Crippen LogP contribution is -2.61. The van der Waals surface area contributed by atoms with Crippen molar-refractivity contribution < 1.29 is 85.0 Å². The normalized spacial score (nSPS) is 27.7. The van der Waals surface area contributed by atoms with Crippen molar-refractivity contribution in [3.63, 3.8) is 0 Å². The molecule has 204 valence electrons. The average molecular weight is 600 g/mol. The van der Waals surface area contributed by atoms with Gasteiger partial charge in [0.15, 0.2) is 6.29 Å². The molecule has 8 N–H and O–H groups in total. The highest BCUT2D eigenvalue weighted by Crippen LogP contribution is 2.50. The first kappa shape index (κ1) is 32.6. The summed E-state index contributed by atoms with van der Waals surface area (Å²) in [5, 5.41) is 0. The number of rotatable bonds is 13. The topological polar surface area (TPSA) is 285 Å². The van der Waals surface area contributed by atoms with Crippen molar-refractivity contribution in [2.75, 3.05) is 13.2 Å². The highest BCUT2D eigenvalue weighted by molar-refractivity contribution is 7.47. The molecule has 0 aromatic heterocycles. The Labute approximate surface area is 194 Å². The van der Waals surface area contributed by atoms with E-state index in [1.807, 2.05) is 19.6 Å². The average Bonchev–Trinajstić information content (AvgIpc) is 2.53. The fraction of sp³-hybridized carbons (Fsp3) is 1.00. The van der Waals surface area contributed by atoms with Crippen molar-refractivity contribution in [1.82, 2.24) is 0 Å².